The van der Waals surface area contributed by atoms with Crippen LogP contribution in [0.2, 0.25) is 0 Å². The summed E-state index contributed by atoms with van der Waals surface area (Å²) in [5.74, 6) is -0.0298. The Bertz CT molecular complexity index is 636. The summed E-state index contributed by atoms with van der Waals surface area (Å²) >= 11 is 0. The molecule has 5 heteroatoms. The first kappa shape index (κ1) is 14.8. The number of nitrogens with one attached hydrogen (secondary N) is 1. The van der Waals surface area contributed by atoms with E-state index in [1.807, 2.05) is 35.2 Å². The van der Waals surface area contributed by atoms with Gasteiger partial charge in [0.25, 0.3) is 5.91 Å². The van der Waals surface area contributed by atoms with Crippen LogP contribution in [0.25, 0.3) is 11.3 Å². The first-order valence-electron chi connectivity index (χ1n) is 7.75. The summed E-state index contributed by atoms with van der Waals surface area (Å²) in [6.07, 6.45) is 2.19. The van der Waals surface area contributed by atoms with Gasteiger partial charge in [-0.1, -0.05) is 30.3 Å². The van der Waals surface area contributed by atoms with E-state index in [4.69, 9.17) is 0 Å². The van der Waals surface area contributed by atoms with Crippen LogP contribution in [0, 0.1) is 0 Å². The Morgan fingerprint density at radius 1 is 1.45 bits per heavy atom. The van der Waals surface area contributed by atoms with Crippen LogP contribution in [-0.2, 0) is 0 Å². The second-order valence-electron chi connectivity index (χ2n) is 5.91. The number of nitrogens with zero attached hydrogens (tertiary/aromatic N) is 2. The molecule has 1 aliphatic rings. The summed E-state index contributed by atoms with van der Waals surface area (Å²) in [6.45, 7) is 2.51. The Kier molecular flexibility index (Phi) is 4.24. The van der Waals surface area contributed by atoms with Gasteiger partial charge in [0.05, 0.1) is 11.8 Å². The highest BCUT2D eigenvalue weighted by molar-refractivity contribution is 5.93. The molecule has 116 valence electrons. The molecule has 0 radical (unpaired) electrons. The fourth-order valence-corrected chi connectivity index (χ4v) is 3.08. The maximum absolute atomic E-state index is 12.7. The summed E-state index contributed by atoms with van der Waals surface area (Å²) in [5.41, 5.74) is 2.27. The number of rotatable bonds is 4. The summed E-state index contributed by atoms with van der Waals surface area (Å²) < 4.78 is 0. The van der Waals surface area contributed by atoms with Gasteiger partial charge in [0, 0.05) is 18.2 Å². The molecule has 2 heterocycles. The van der Waals surface area contributed by atoms with Crippen LogP contribution in [0.15, 0.2) is 36.4 Å². The smallest absolute Gasteiger partial charge is 0.272 e. The molecule has 5 nitrogen and oxygen atoms in total. The number of carbonyl (C=O) groups is 1. The zero-order chi connectivity index (χ0) is 15.5. The molecule has 1 fully saturated rings. The lowest BCUT2D eigenvalue weighted by Gasteiger charge is -2.25. The highest BCUT2D eigenvalue weighted by Gasteiger charge is 2.31. The lowest BCUT2D eigenvalue weighted by atomic mass is 10.1. The summed E-state index contributed by atoms with van der Waals surface area (Å²) in [7, 11) is 0. The van der Waals surface area contributed by atoms with E-state index in [0.29, 0.717) is 12.1 Å². The second-order valence-corrected chi connectivity index (χ2v) is 5.91. The topological polar surface area (TPSA) is 69.2 Å². The van der Waals surface area contributed by atoms with E-state index in [-0.39, 0.29) is 18.1 Å². The molecular weight excluding hydrogens is 278 g/mol. The molecule has 2 atom stereocenters. The van der Waals surface area contributed by atoms with E-state index in [1.165, 1.54) is 0 Å². The monoisotopic (exact) mass is 299 g/mol. The Labute approximate surface area is 130 Å². The first-order valence-corrected chi connectivity index (χ1v) is 7.75. The normalized spacial score (nSPS) is 19.4. The molecule has 0 aliphatic carbocycles. The van der Waals surface area contributed by atoms with Gasteiger partial charge in [0.1, 0.15) is 5.69 Å². The van der Waals surface area contributed by atoms with E-state index in [9.17, 15) is 9.90 Å². The molecule has 3 rings (SSSR count). The van der Waals surface area contributed by atoms with E-state index < -0.39 is 0 Å². The molecule has 2 unspecified atom stereocenters. The molecule has 0 bridgehead atoms. The highest BCUT2D eigenvalue weighted by atomic mass is 16.3. The van der Waals surface area contributed by atoms with Crippen molar-refractivity contribution in [2.24, 2.45) is 0 Å². The predicted octanol–water partition coefficient (Wildman–Crippen LogP) is 2.45. The fourth-order valence-electron chi connectivity index (χ4n) is 3.08. The molecule has 1 saturated heterocycles. The number of aromatic amines is 1. The van der Waals surface area contributed by atoms with Crippen molar-refractivity contribution in [3.05, 3.63) is 42.1 Å². The molecule has 0 saturated carbocycles. The fraction of sp³-hybridized carbons (Fsp3) is 0.412. The van der Waals surface area contributed by atoms with Crippen molar-refractivity contribution in [2.45, 2.75) is 38.3 Å². The van der Waals surface area contributed by atoms with Crippen LogP contribution in [0.1, 0.15) is 36.7 Å². The third-order valence-corrected chi connectivity index (χ3v) is 4.13. The lowest BCUT2D eigenvalue weighted by Crippen LogP contribution is -2.37. The Morgan fingerprint density at radius 2 is 2.23 bits per heavy atom. The number of carbonyl (C=O) groups excluding carboxylic acids is 1. The van der Waals surface area contributed by atoms with E-state index >= 15 is 0 Å². The van der Waals surface area contributed by atoms with Crippen molar-refractivity contribution in [3.63, 3.8) is 0 Å². The number of aromatic nitrogens is 2. The van der Waals surface area contributed by atoms with Crippen molar-refractivity contribution in [1.82, 2.24) is 15.1 Å². The average molecular weight is 299 g/mol. The van der Waals surface area contributed by atoms with Crippen LogP contribution < -0.4 is 0 Å². The Balaban J connectivity index is 1.77. The van der Waals surface area contributed by atoms with Gasteiger partial charge in [-0.3, -0.25) is 9.89 Å². The van der Waals surface area contributed by atoms with Crippen LogP contribution >= 0.6 is 0 Å². The third-order valence-electron chi connectivity index (χ3n) is 4.13. The number of benzene rings is 1. The van der Waals surface area contributed by atoms with Crippen molar-refractivity contribution in [3.8, 4) is 11.3 Å². The maximum atomic E-state index is 12.7. The first-order chi connectivity index (χ1) is 10.6. The molecule has 1 aromatic carbocycles. The minimum absolute atomic E-state index is 0.0298. The van der Waals surface area contributed by atoms with E-state index in [0.717, 1.165) is 30.6 Å². The minimum atomic E-state index is -0.389. The number of aliphatic hydroxyl groups is 1. The number of hydrogen-bond acceptors (Lipinski definition) is 3. The molecule has 2 N–H and O–H groups in total. The van der Waals surface area contributed by atoms with E-state index in [1.54, 1.807) is 13.0 Å². The van der Waals surface area contributed by atoms with Crippen molar-refractivity contribution >= 4 is 5.91 Å². The summed E-state index contributed by atoms with van der Waals surface area (Å²) in [4.78, 5) is 14.5. The third kappa shape index (κ3) is 3.04. The van der Waals surface area contributed by atoms with Gasteiger partial charge in [-0.25, -0.2) is 0 Å². The zero-order valence-electron chi connectivity index (χ0n) is 12.7. The Morgan fingerprint density at radius 3 is 2.95 bits per heavy atom. The largest absolute Gasteiger partial charge is 0.393 e. The van der Waals surface area contributed by atoms with Crippen LogP contribution in [0.4, 0.5) is 0 Å². The van der Waals surface area contributed by atoms with Crippen LogP contribution in [0.5, 0.6) is 0 Å². The van der Waals surface area contributed by atoms with Crippen molar-refractivity contribution in [1.29, 1.82) is 0 Å². The maximum Gasteiger partial charge on any atom is 0.272 e. The van der Waals surface area contributed by atoms with Gasteiger partial charge in [-0.2, -0.15) is 5.10 Å². The quantitative estimate of drug-likeness (QED) is 0.911. The molecule has 0 spiro atoms. The van der Waals surface area contributed by atoms with E-state index in [2.05, 4.69) is 10.2 Å². The van der Waals surface area contributed by atoms with Gasteiger partial charge in [0.15, 0.2) is 0 Å². The molecule has 22 heavy (non-hydrogen) atoms. The number of aliphatic hydroxyl groups excluding tert-OH is 1. The lowest BCUT2D eigenvalue weighted by molar-refractivity contribution is 0.0676. The standard InChI is InChI=1S/C17H21N3O2/c1-12(21)10-14-8-5-9-20(14)17(22)16-11-15(18-19-16)13-6-3-2-4-7-13/h2-4,6-7,11-12,14,21H,5,8-10H2,1H3,(H,18,19). The van der Waals surface area contributed by atoms with Gasteiger partial charge >= 0.3 is 0 Å². The highest BCUT2D eigenvalue weighted by Crippen LogP contribution is 2.24. The number of hydrogen-bond donors (Lipinski definition) is 2. The summed E-state index contributed by atoms with van der Waals surface area (Å²) in [6, 6.07) is 11.7. The SMILES string of the molecule is CC(O)CC1CCCN1C(=O)c1cc(-c2ccccc2)n[nH]1. The Hall–Kier alpha value is -2.14. The van der Waals surface area contributed by atoms with Gasteiger partial charge in [-0.15, -0.1) is 0 Å². The number of likely N-dealkylation sites (tertiary alicyclic amines) is 1. The summed E-state index contributed by atoms with van der Waals surface area (Å²) in [5, 5.41) is 16.7. The zero-order valence-corrected chi connectivity index (χ0v) is 12.7. The van der Waals surface area contributed by atoms with Gasteiger partial charge in [-0.05, 0) is 32.3 Å². The number of amides is 1. The number of H-pyrrole nitrogens is 1. The molecule has 1 aromatic heterocycles. The predicted molar refractivity (Wildman–Crippen MR) is 84.4 cm³/mol. The molecule has 1 amide bonds. The van der Waals surface area contributed by atoms with Gasteiger partial charge in [0.2, 0.25) is 0 Å². The van der Waals surface area contributed by atoms with Gasteiger partial charge < -0.3 is 10.0 Å². The van der Waals surface area contributed by atoms with Crippen molar-refractivity contribution in [2.75, 3.05) is 6.54 Å². The molecule has 1 aliphatic heterocycles. The average Bonchev–Trinajstić information content (AvgIpc) is 3.16. The molecular formula is C17H21N3O2. The second kappa shape index (κ2) is 6.32. The van der Waals surface area contributed by atoms with Crippen LogP contribution in [0.3, 0.4) is 0 Å². The van der Waals surface area contributed by atoms with Crippen molar-refractivity contribution < 1.29 is 9.90 Å². The van der Waals surface area contributed by atoms with Crippen LogP contribution in [-0.4, -0.2) is 44.8 Å². The molecule has 2 aromatic rings. The minimum Gasteiger partial charge on any atom is -0.393 e.